The van der Waals surface area contributed by atoms with Crippen LogP contribution in [0.1, 0.15) is 11.1 Å². The second-order valence-electron chi connectivity index (χ2n) is 6.21. The number of azo groups is 2. The zero-order valence-electron chi connectivity index (χ0n) is 16.1. The van der Waals surface area contributed by atoms with Crippen molar-refractivity contribution in [1.82, 2.24) is 0 Å². The minimum atomic E-state index is -0.340. The lowest BCUT2D eigenvalue weighted by Gasteiger charge is -2.05. The quantitative estimate of drug-likeness (QED) is 0.162. The van der Waals surface area contributed by atoms with Gasteiger partial charge in [-0.1, -0.05) is 22.7 Å². The first-order valence-electron chi connectivity index (χ1n) is 8.68. The maximum Gasteiger partial charge on any atom is 0.174 e. The van der Waals surface area contributed by atoms with Gasteiger partial charge in [0.2, 0.25) is 0 Å². The minimum absolute atomic E-state index is 0.0978. The van der Waals surface area contributed by atoms with Gasteiger partial charge < -0.3 is 10.2 Å². The second-order valence-corrected chi connectivity index (χ2v) is 6.98. The molecule has 3 aromatic rings. The van der Waals surface area contributed by atoms with Crippen molar-refractivity contribution in [3.8, 4) is 11.5 Å². The van der Waals surface area contributed by atoms with Crippen LogP contribution in [0.3, 0.4) is 0 Å². The monoisotopic (exact) mass is 426 g/mol. The molecule has 0 amide bonds. The van der Waals surface area contributed by atoms with Crippen molar-refractivity contribution in [2.45, 2.75) is 18.7 Å². The maximum atomic E-state index is 10.5. The number of benzene rings is 3. The van der Waals surface area contributed by atoms with Crippen molar-refractivity contribution in [3.63, 3.8) is 0 Å². The van der Waals surface area contributed by atoms with Gasteiger partial charge in [-0.05, 0) is 61.9 Å². The Hall–Kier alpha value is -3.31. The molecule has 10 heteroatoms. The predicted molar refractivity (Wildman–Crippen MR) is 111 cm³/mol. The fourth-order valence-corrected chi connectivity index (χ4v) is 2.85. The molecule has 3 aromatic carbocycles. The number of nitrogens with zero attached hydrogens (tertiary/aromatic N) is 4. The lowest BCUT2D eigenvalue weighted by Crippen LogP contribution is -1.78. The van der Waals surface area contributed by atoms with E-state index < -0.39 is 0 Å². The average molecular weight is 426 g/mol. The molecule has 3 N–H and O–H groups in total. The molecule has 0 bridgehead atoms. The van der Waals surface area contributed by atoms with E-state index in [4.69, 9.17) is 5.26 Å². The molecular formula is C20H18N4O5S. The largest absolute Gasteiger partial charge is 0.505 e. The molecule has 0 aliphatic carbocycles. The van der Waals surface area contributed by atoms with E-state index in [1.165, 1.54) is 12.1 Å². The van der Waals surface area contributed by atoms with Gasteiger partial charge in [-0.2, -0.15) is 10.2 Å². The smallest absolute Gasteiger partial charge is 0.174 e. The highest BCUT2D eigenvalue weighted by Gasteiger charge is 2.12. The molecule has 0 saturated heterocycles. The summed E-state index contributed by atoms with van der Waals surface area (Å²) in [7, 11) is 0. The van der Waals surface area contributed by atoms with Crippen LogP contribution in [0.2, 0.25) is 0 Å². The van der Waals surface area contributed by atoms with Crippen LogP contribution in [0.15, 0.2) is 79.9 Å². The van der Waals surface area contributed by atoms with Crippen molar-refractivity contribution in [2.75, 3.05) is 0 Å². The summed E-state index contributed by atoms with van der Waals surface area (Å²) in [6.45, 7) is 3.88. The molecule has 0 heterocycles. The highest BCUT2D eigenvalue weighted by atomic mass is 32.2. The molecule has 0 atom stereocenters. The molecule has 154 valence electrons. The third kappa shape index (κ3) is 5.39. The maximum absolute atomic E-state index is 10.5. The van der Waals surface area contributed by atoms with Gasteiger partial charge in [0.25, 0.3) is 0 Å². The Morgan fingerprint density at radius 1 is 0.800 bits per heavy atom. The van der Waals surface area contributed by atoms with Crippen molar-refractivity contribution in [1.29, 1.82) is 0 Å². The molecule has 0 fully saturated rings. The lowest BCUT2D eigenvalue weighted by atomic mass is 10.1. The topological polar surface area (TPSA) is 129 Å². The SMILES string of the molecule is Cc1ccc(N=Nc2c(O)ccc(N=Nc3ccc(SOOO)cc3)c2O)c(C)c1. The summed E-state index contributed by atoms with van der Waals surface area (Å²) in [5.41, 5.74) is 3.18. The van der Waals surface area contributed by atoms with E-state index in [0.717, 1.165) is 23.2 Å². The molecule has 30 heavy (non-hydrogen) atoms. The van der Waals surface area contributed by atoms with E-state index in [1.54, 1.807) is 24.3 Å². The summed E-state index contributed by atoms with van der Waals surface area (Å²) in [4.78, 5) is 0.671. The molecule has 3 rings (SSSR count). The molecule has 0 unspecified atom stereocenters. The molecule has 9 nitrogen and oxygen atoms in total. The number of hydrogen-bond acceptors (Lipinski definition) is 10. The van der Waals surface area contributed by atoms with E-state index in [1.807, 2.05) is 32.0 Å². The van der Waals surface area contributed by atoms with E-state index in [0.29, 0.717) is 16.3 Å². The van der Waals surface area contributed by atoms with Crippen LogP contribution in [0.25, 0.3) is 0 Å². The van der Waals surface area contributed by atoms with Gasteiger partial charge in [0, 0.05) is 4.90 Å². The fourth-order valence-electron chi connectivity index (χ4n) is 2.49. The predicted octanol–water partition coefficient (Wildman–Crippen LogP) is 6.97. The van der Waals surface area contributed by atoms with Crippen LogP contribution >= 0.6 is 12.0 Å². The van der Waals surface area contributed by atoms with Crippen LogP contribution in [0.5, 0.6) is 11.5 Å². The Bertz CT molecular complexity index is 1090. The molecule has 0 aliphatic rings. The summed E-state index contributed by atoms with van der Waals surface area (Å²) in [5, 5.41) is 48.4. The summed E-state index contributed by atoms with van der Waals surface area (Å²) in [6.07, 6.45) is 0. The Morgan fingerprint density at radius 3 is 2.20 bits per heavy atom. The zero-order valence-corrected chi connectivity index (χ0v) is 16.9. The van der Waals surface area contributed by atoms with Crippen molar-refractivity contribution < 1.29 is 24.8 Å². The van der Waals surface area contributed by atoms with E-state index >= 15 is 0 Å². The zero-order chi connectivity index (χ0) is 21.5. The number of aromatic hydroxyl groups is 2. The highest BCUT2D eigenvalue weighted by molar-refractivity contribution is 7.94. The molecule has 0 spiro atoms. The molecule has 0 aliphatic heterocycles. The standard InChI is InChI=1S/C20H18N4O5S/c1-12-3-8-16(13(2)11-12)22-24-19-18(25)10-9-17(20(19)26)23-21-14-4-6-15(7-5-14)30-29-28-27/h3-11,25-27H,1-2H3. The average Bonchev–Trinajstić information content (AvgIpc) is 2.73. The van der Waals surface area contributed by atoms with Crippen molar-refractivity contribution in [2.24, 2.45) is 20.5 Å². The molecular weight excluding hydrogens is 408 g/mol. The van der Waals surface area contributed by atoms with Gasteiger partial charge in [-0.15, -0.1) is 14.6 Å². The third-order valence-electron chi connectivity index (χ3n) is 3.99. The van der Waals surface area contributed by atoms with Crippen LogP contribution in [0.4, 0.5) is 22.7 Å². The first kappa shape index (κ1) is 21.4. The highest BCUT2D eigenvalue weighted by Crippen LogP contribution is 2.44. The number of phenols is 2. The number of aryl methyl sites for hydroxylation is 2. The van der Waals surface area contributed by atoms with Crippen LogP contribution < -0.4 is 0 Å². The van der Waals surface area contributed by atoms with Gasteiger partial charge in [-0.25, -0.2) is 5.26 Å². The van der Waals surface area contributed by atoms with Crippen LogP contribution in [0, 0.1) is 13.8 Å². The van der Waals surface area contributed by atoms with E-state index in [-0.39, 0.29) is 22.9 Å². The molecule has 0 radical (unpaired) electrons. The van der Waals surface area contributed by atoms with Crippen LogP contribution in [-0.4, -0.2) is 15.5 Å². The molecule has 0 aromatic heterocycles. The minimum Gasteiger partial charge on any atom is -0.505 e. The Labute approximate surface area is 176 Å². The first-order valence-corrected chi connectivity index (χ1v) is 9.42. The fraction of sp³-hybridized carbons (Fsp3) is 0.100. The number of hydrogen-bond donors (Lipinski definition) is 3. The Kier molecular flexibility index (Phi) is 7.09. The van der Waals surface area contributed by atoms with Gasteiger partial charge in [0.15, 0.2) is 11.4 Å². The first-order chi connectivity index (χ1) is 14.5. The van der Waals surface area contributed by atoms with Gasteiger partial charge in [-0.3, -0.25) is 0 Å². The summed E-state index contributed by atoms with van der Waals surface area (Å²) in [6, 6.07) is 15.1. The van der Waals surface area contributed by atoms with E-state index in [2.05, 4.69) is 29.8 Å². The van der Waals surface area contributed by atoms with Gasteiger partial charge in [0.1, 0.15) is 11.4 Å². The van der Waals surface area contributed by atoms with Gasteiger partial charge in [0.05, 0.1) is 23.4 Å². The summed E-state index contributed by atoms with van der Waals surface area (Å²) >= 11 is 0.820. The van der Waals surface area contributed by atoms with E-state index in [9.17, 15) is 10.2 Å². The summed E-state index contributed by atoms with van der Waals surface area (Å²) < 4.78 is 4.34. The normalized spacial score (nSPS) is 11.6. The third-order valence-corrected chi connectivity index (χ3v) is 4.58. The van der Waals surface area contributed by atoms with Crippen molar-refractivity contribution in [3.05, 3.63) is 65.7 Å². The Morgan fingerprint density at radius 2 is 1.50 bits per heavy atom. The van der Waals surface area contributed by atoms with Crippen molar-refractivity contribution >= 4 is 34.8 Å². The lowest BCUT2D eigenvalue weighted by molar-refractivity contribution is -0.432. The second kappa shape index (κ2) is 9.94. The summed E-state index contributed by atoms with van der Waals surface area (Å²) in [5.74, 6) is -0.569. The Balaban J connectivity index is 1.81. The van der Waals surface area contributed by atoms with Gasteiger partial charge >= 0.3 is 0 Å². The number of rotatable bonds is 7. The van der Waals surface area contributed by atoms with Crippen LogP contribution in [-0.2, 0) is 9.37 Å². The number of phenolic OH excluding ortho intramolecular Hbond substituents is 2. The molecule has 0 saturated carbocycles.